The monoisotopic (exact) mass is 377 g/mol. The van der Waals surface area contributed by atoms with Crippen LogP contribution in [0.5, 0.6) is 0 Å². The summed E-state index contributed by atoms with van der Waals surface area (Å²) >= 11 is 2.09. The van der Waals surface area contributed by atoms with E-state index in [2.05, 4.69) is 37.5 Å². The number of nitrogens with zero attached hydrogens (tertiary/aromatic N) is 1. The molecule has 1 aliphatic heterocycles. The molecule has 8 heteroatoms. The first kappa shape index (κ1) is 13.0. The lowest BCUT2D eigenvalue weighted by atomic mass is 10.0. The number of nitrogens with one attached hydrogen (secondary N) is 2. The summed E-state index contributed by atoms with van der Waals surface area (Å²) in [5.41, 5.74) is 1.09. The van der Waals surface area contributed by atoms with E-state index in [1.165, 1.54) is 6.33 Å². The smallest absolute Gasteiger partial charge is 0.275 e. The minimum absolute atomic E-state index is 0.283. The molecule has 2 aromatic heterocycles. The summed E-state index contributed by atoms with van der Waals surface area (Å²) in [6.45, 7) is 0. The van der Waals surface area contributed by atoms with Crippen LogP contribution in [-0.4, -0.2) is 47.9 Å². The van der Waals surface area contributed by atoms with Crippen molar-refractivity contribution in [1.82, 2.24) is 15.0 Å². The second-order valence-corrected chi connectivity index (χ2v) is 5.31. The molecule has 0 bridgehead atoms. The van der Waals surface area contributed by atoms with Crippen molar-refractivity contribution >= 4 is 33.6 Å². The highest BCUT2D eigenvalue weighted by atomic mass is 127. The number of H-pyrrole nitrogens is 2. The van der Waals surface area contributed by atoms with Crippen LogP contribution in [0.2, 0.25) is 0 Å². The van der Waals surface area contributed by atoms with Gasteiger partial charge in [0.15, 0.2) is 0 Å². The SMILES string of the molecule is O=c1[nH]cnc2c(C3O[C@H](CI)[C@@H](O)[C@H]3O)c[nH]c12. The fourth-order valence-corrected chi connectivity index (χ4v) is 3.05. The molecule has 0 amide bonds. The van der Waals surface area contributed by atoms with E-state index in [0.29, 0.717) is 21.0 Å². The molecule has 0 saturated carbocycles. The number of fused-ring (bicyclic) bond motifs is 1. The van der Waals surface area contributed by atoms with Gasteiger partial charge in [0, 0.05) is 16.2 Å². The fraction of sp³-hybridized carbons (Fsp3) is 0.455. The van der Waals surface area contributed by atoms with Crippen molar-refractivity contribution in [2.75, 3.05) is 4.43 Å². The lowest BCUT2D eigenvalue weighted by Crippen LogP contribution is -2.31. The predicted molar refractivity (Wildman–Crippen MR) is 75.2 cm³/mol. The Morgan fingerprint density at radius 2 is 2.16 bits per heavy atom. The number of hydrogen-bond acceptors (Lipinski definition) is 5. The zero-order chi connectivity index (χ0) is 13.6. The van der Waals surface area contributed by atoms with Crippen molar-refractivity contribution in [2.45, 2.75) is 24.4 Å². The van der Waals surface area contributed by atoms with Gasteiger partial charge >= 0.3 is 0 Å². The average molecular weight is 377 g/mol. The number of alkyl halides is 1. The van der Waals surface area contributed by atoms with Crippen molar-refractivity contribution in [3.63, 3.8) is 0 Å². The molecule has 1 unspecified atom stereocenters. The molecule has 4 N–H and O–H groups in total. The van der Waals surface area contributed by atoms with Gasteiger partial charge in [0.05, 0.1) is 12.4 Å². The van der Waals surface area contributed by atoms with Gasteiger partial charge in [-0.3, -0.25) is 4.79 Å². The van der Waals surface area contributed by atoms with Crippen LogP contribution in [0, 0.1) is 0 Å². The van der Waals surface area contributed by atoms with Gasteiger partial charge in [0.1, 0.15) is 29.3 Å². The highest BCUT2D eigenvalue weighted by Gasteiger charge is 2.43. The lowest BCUT2D eigenvalue weighted by molar-refractivity contribution is 0.0180. The molecule has 0 spiro atoms. The Morgan fingerprint density at radius 3 is 2.84 bits per heavy atom. The number of halogens is 1. The molecule has 0 radical (unpaired) electrons. The second-order valence-electron chi connectivity index (χ2n) is 4.43. The Balaban J connectivity index is 2.06. The molecule has 0 aromatic carbocycles. The fourth-order valence-electron chi connectivity index (χ4n) is 2.32. The summed E-state index contributed by atoms with van der Waals surface area (Å²) < 4.78 is 6.22. The Labute approximate surface area is 121 Å². The van der Waals surface area contributed by atoms with Gasteiger partial charge in [0.25, 0.3) is 5.56 Å². The summed E-state index contributed by atoms with van der Waals surface area (Å²) in [5.74, 6) is 0. The maximum absolute atomic E-state index is 11.6. The third-order valence-corrected chi connectivity index (χ3v) is 4.19. The zero-order valence-electron chi connectivity index (χ0n) is 9.71. The van der Waals surface area contributed by atoms with E-state index < -0.39 is 24.4 Å². The number of aliphatic hydroxyl groups is 2. The third-order valence-electron chi connectivity index (χ3n) is 3.32. The third kappa shape index (κ3) is 1.98. The maximum atomic E-state index is 11.6. The molecule has 1 saturated heterocycles. The molecule has 19 heavy (non-hydrogen) atoms. The first-order valence-corrected chi connectivity index (χ1v) is 7.28. The molecule has 0 aliphatic carbocycles. The minimum atomic E-state index is -1.03. The van der Waals surface area contributed by atoms with E-state index in [1.807, 2.05) is 0 Å². The number of aliphatic hydroxyl groups excluding tert-OH is 2. The topological polar surface area (TPSA) is 111 Å². The Bertz CT molecular complexity index is 655. The van der Waals surface area contributed by atoms with Crippen molar-refractivity contribution < 1.29 is 14.9 Å². The quantitative estimate of drug-likeness (QED) is 0.430. The molecular weight excluding hydrogens is 365 g/mol. The van der Waals surface area contributed by atoms with Crippen LogP contribution in [0.4, 0.5) is 0 Å². The van der Waals surface area contributed by atoms with Crippen molar-refractivity contribution in [1.29, 1.82) is 0 Å². The van der Waals surface area contributed by atoms with E-state index in [0.717, 1.165) is 0 Å². The van der Waals surface area contributed by atoms with Gasteiger partial charge in [-0.05, 0) is 0 Å². The molecule has 2 aromatic rings. The number of hydrogen-bond donors (Lipinski definition) is 4. The minimum Gasteiger partial charge on any atom is -0.388 e. The first-order chi connectivity index (χ1) is 9.13. The Hall–Kier alpha value is -0.970. The van der Waals surface area contributed by atoms with Crippen LogP contribution < -0.4 is 5.56 Å². The van der Waals surface area contributed by atoms with Gasteiger partial charge in [-0.25, -0.2) is 4.98 Å². The van der Waals surface area contributed by atoms with E-state index in [9.17, 15) is 15.0 Å². The van der Waals surface area contributed by atoms with Crippen molar-refractivity contribution in [3.05, 3.63) is 28.4 Å². The van der Waals surface area contributed by atoms with Gasteiger partial charge in [-0.2, -0.15) is 0 Å². The van der Waals surface area contributed by atoms with Crippen LogP contribution in [0.3, 0.4) is 0 Å². The second kappa shape index (κ2) is 4.85. The zero-order valence-corrected chi connectivity index (χ0v) is 11.9. The molecule has 1 aliphatic rings. The van der Waals surface area contributed by atoms with Crippen LogP contribution in [0.25, 0.3) is 11.0 Å². The van der Waals surface area contributed by atoms with Gasteiger partial charge in [-0.1, -0.05) is 22.6 Å². The van der Waals surface area contributed by atoms with Crippen LogP contribution in [0.15, 0.2) is 17.3 Å². The molecular formula is C11H12IN3O4. The summed E-state index contributed by atoms with van der Waals surface area (Å²) in [4.78, 5) is 21.0. The van der Waals surface area contributed by atoms with Gasteiger partial charge in [-0.15, -0.1) is 0 Å². The lowest BCUT2D eigenvalue weighted by Gasteiger charge is -2.13. The number of aromatic amines is 2. The Morgan fingerprint density at radius 1 is 1.37 bits per heavy atom. The predicted octanol–water partition coefficient (Wildman–Crippen LogP) is -0.152. The molecule has 7 nitrogen and oxygen atoms in total. The summed E-state index contributed by atoms with van der Waals surface area (Å²) in [7, 11) is 0. The van der Waals surface area contributed by atoms with E-state index in [-0.39, 0.29) is 5.56 Å². The average Bonchev–Trinajstić information content (AvgIpc) is 2.94. The van der Waals surface area contributed by atoms with E-state index >= 15 is 0 Å². The molecule has 4 atom stereocenters. The number of rotatable bonds is 2. The van der Waals surface area contributed by atoms with E-state index in [4.69, 9.17) is 4.74 Å². The Kier molecular flexibility index (Phi) is 3.33. The highest BCUT2D eigenvalue weighted by Crippen LogP contribution is 2.36. The largest absolute Gasteiger partial charge is 0.388 e. The normalized spacial score (nSPS) is 31.1. The van der Waals surface area contributed by atoms with Gasteiger partial charge < -0.3 is 24.9 Å². The molecule has 3 rings (SSSR count). The molecule has 102 valence electrons. The number of aromatic nitrogens is 3. The summed E-state index contributed by atoms with van der Waals surface area (Å²) in [6, 6.07) is 0. The standard InChI is InChI=1S/C11H12IN3O4/c12-1-5-8(16)9(17)10(19-5)4-2-13-7-6(4)14-3-15-11(7)18/h2-3,5,8-10,13,16-17H,1H2,(H,14,15,18)/t5-,8-,9-,10?/m1/s1. The van der Waals surface area contributed by atoms with Crippen molar-refractivity contribution in [2.24, 2.45) is 0 Å². The van der Waals surface area contributed by atoms with Crippen LogP contribution in [-0.2, 0) is 4.74 Å². The number of ether oxygens (including phenoxy) is 1. The highest BCUT2D eigenvalue weighted by molar-refractivity contribution is 14.1. The summed E-state index contributed by atoms with van der Waals surface area (Å²) in [5, 5.41) is 19.9. The van der Waals surface area contributed by atoms with Crippen molar-refractivity contribution in [3.8, 4) is 0 Å². The molecule has 1 fully saturated rings. The van der Waals surface area contributed by atoms with Crippen LogP contribution in [0.1, 0.15) is 11.7 Å². The summed E-state index contributed by atoms with van der Waals surface area (Å²) in [6.07, 6.45) is -0.183. The first-order valence-electron chi connectivity index (χ1n) is 5.75. The molecule has 3 heterocycles. The van der Waals surface area contributed by atoms with Crippen LogP contribution >= 0.6 is 22.6 Å². The maximum Gasteiger partial charge on any atom is 0.275 e. The van der Waals surface area contributed by atoms with Gasteiger partial charge in [0.2, 0.25) is 0 Å². The van der Waals surface area contributed by atoms with E-state index in [1.54, 1.807) is 6.20 Å².